The highest BCUT2D eigenvalue weighted by molar-refractivity contribution is 5.99. The molecule has 0 unspecified atom stereocenters. The third kappa shape index (κ3) is 3.76. The molecule has 0 aliphatic carbocycles. The van der Waals surface area contributed by atoms with Crippen LogP contribution in [0.15, 0.2) is 70.9 Å². The number of azo groups is 1. The first kappa shape index (κ1) is 20.3. The number of benzene rings is 3. The van der Waals surface area contributed by atoms with Gasteiger partial charge in [0.05, 0.1) is 30.8 Å². The van der Waals surface area contributed by atoms with Gasteiger partial charge in [-0.25, -0.2) is 4.98 Å². The minimum absolute atomic E-state index is 0.168. The Bertz CT molecular complexity index is 1520. The Balaban J connectivity index is 1.43. The van der Waals surface area contributed by atoms with Crippen molar-refractivity contribution < 1.29 is 19.4 Å². The van der Waals surface area contributed by atoms with Crippen LogP contribution in [0.3, 0.4) is 0 Å². The fourth-order valence-corrected chi connectivity index (χ4v) is 3.55. The summed E-state index contributed by atoms with van der Waals surface area (Å²) in [5, 5.41) is 18.6. The van der Waals surface area contributed by atoms with Crippen LogP contribution in [0, 0.1) is 0 Å². The van der Waals surface area contributed by atoms with Gasteiger partial charge in [-0.15, -0.1) is 10.2 Å². The van der Waals surface area contributed by atoms with Gasteiger partial charge >= 0.3 is 0 Å². The van der Waals surface area contributed by atoms with E-state index in [2.05, 4.69) is 25.2 Å². The molecule has 0 atom stereocenters. The average molecular weight is 441 g/mol. The smallest absolute Gasteiger partial charge is 0.295 e. The van der Waals surface area contributed by atoms with Crippen LogP contribution >= 0.6 is 0 Å². The summed E-state index contributed by atoms with van der Waals surface area (Å²) in [4.78, 5) is 23.3. The molecule has 0 aliphatic rings. The molecule has 9 nitrogen and oxygen atoms in total. The van der Waals surface area contributed by atoms with Crippen molar-refractivity contribution in [3.63, 3.8) is 0 Å². The van der Waals surface area contributed by atoms with E-state index in [0.717, 1.165) is 16.8 Å². The van der Waals surface area contributed by atoms with Crippen molar-refractivity contribution in [2.24, 2.45) is 10.2 Å². The number of rotatable bonds is 5. The number of amides is 1. The number of methoxy groups -OCH3 is 2. The van der Waals surface area contributed by atoms with Crippen LogP contribution in [0.1, 0.15) is 10.4 Å². The Morgan fingerprint density at radius 3 is 2.42 bits per heavy atom. The van der Waals surface area contributed by atoms with E-state index in [9.17, 15) is 9.90 Å². The highest BCUT2D eigenvalue weighted by Crippen LogP contribution is 2.37. The van der Waals surface area contributed by atoms with Crippen molar-refractivity contribution in [1.29, 1.82) is 0 Å². The number of nitrogens with one attached hydrogen (secondary N) is 2. The van der Waals surface area contributed by atoms with Crippen molar-refractivity contribution >= 4 is 33.5 Å². The number of H-pyrrole nitrogens is 2. The van der Waals surface area contributed by atoms with Crippen LogP contribution < -0.4 is 9.47 Å². The van der Waals surface area contributed by atoms with E-state index in [1.54, 1.807) is 50.6 Å². The molecule has 9 heteroatoms. The molecule has 5 rings (SSSR count). The molecule has 0 radical (unpaired) electrons. The predicted octanol–water partition coefficient (Wildman–Crippen LogP) is 5.36. The van der Waals surface area contributed by atoms with Gasteiger partial charge in [0.15, 0.2) is 5.69 Å². The summed E-state index contributed by atoms with van der Waals surface area (Å²) in [6, 6.07) is 17.8. The second-order valence-electron chi connectivity index (χ2n) is 7.28. The maximum atomic E-state index is 12.7. The van der Waals surface area contributed by atoms with Gasteiger partial charge < -0.3 is 24.5 Å². The second kappa shape index (κ2) is 8.12. The van der Waals surface area contributed by atoms with Gasteiger partial charge in [-0.05, 0) is 60.7 Å². The maximum Gasteiger partial charge on any atom is 0.295 e. The number of hydrogen-bond donors (Lipinski definition) is 3. The van der Waals surface area contributed by atoms with E-state index in [1.807, 2.05) is 24.3 Å². The molecular weight excluding hydrogens is 422 g/mol. The molecule has 5 aromatic rings. The number of hydrogen-bond acceptors (Lipinski definition) is 6. The molecule has 33 heavy (non-hydrogen) atoms. The molecule has 0 spiro atoms. The molecule has 1 amide bonds. The Morgan fingerprint density at radius 1 is 0.909 bits per heavy atom. The zero-order valence-corrected chi connectivity index (χ0v) is 17.8. The van der Waals surface area contributed by atoms with Gasteiger partial charge in [0.2, 0.25) is 5.88 Å². The van der Waals surface area contributed by atoms with Crippen molar-refractivity contribution in [2.75, 3.05) is 14.2 Å². The lowest BCUT2D eigenvalue weighted by molar-refractivity contribution is 0.0995. The topological polar surface area (TPSA) is 125 Å². The van der Waals surface area contributed by atoms with Gasteiger partial charge in [0, 0.05) is 16.5 Å². The molecule has 2 aromatic heterocycles. The van der Waals surface area contributed by atoms with Crippen LogP contribution in [-0.4, -0.2) is 40.2 Å². The number of nitrogens with zero attached hydrogens (tertiary/aromatic N) is 3. The molecule has 0 saturated heterocycles. The normalized spacial score (nSPS) is 11.5. The number of ether oxygens (including phenoxy) is 2. The summed E-state index contributed by atoms with van der Waals surface area (Å²) in [7, 11) is 3.16. The third-order valence-electron chi connectivity index (χ3n) is 5.29. The summed E-state index contributed by atoms with van der Waals surface area (Å²) >= 11 is 0. The molecular formula is C24H19N5O4. The van der Waals surface area contributed by atoms with Crippen molar-refractivity contribution in [1.82, 2.24) is 15.0 Å². The van der Waals surface area contributed by atoms with E-state index in [0.29, 0.717) is 33.6 Å². The largest absolute Gasteiger partial charge is 0.497 e. The average Bonchev–Trinajstić information content (AvgIpc) is 3.41. The maximum absolute atomic E-state index is 12.7. The Labute approximate surface area is 187 Å². The van der Waals surface area contributed by atoms with Gasteiger partial charge in [-0.1, -0.05) is 0 Å². The zero-order chi connectivity index (χ0) is 22.9. The number of aromatic amines is 2. The number of aromatic hydroxyl groups is 1. The molecule has 3 aromatic carbocycles. The lowest BCUT2D eigenvalue weighted by Crippen LogP contribution is -1.93. The molecule has 0 fully saturated rings. The molecule has 0 aliphatic heterocycles. The van der Waals surface area contributed by atoms with E-state index >= 15 is 0 Å². The standard InChI is InChI=1S/C24H19N5O4/c1-32-15-6-3-13(4-7-15)22-25-19-9-5-14(11-20(19)26-22)23(30)29-28-21-17-12-16(33-2)8-10-18(17)27-24(21)31/h3-12,27,31H,1-2H3,(H,25,26). The van der Waals surface area contributed by atoms with Gasteiger partial charge in [0.1, 0.15) is 17.3 Å². The SMILES string of the molecule is COc1ccc(-c2nc3ccc(C(=O)N=Nc4c(O)[nH]c5ccc(OC)cc45)cc3[nH]2)cc1. The van der Waals surface area contributed by atoms with Crippen LogP contribution in [-0.2, 0) is 0 Å². The molecule has 0 bridgehead atoms. The summed E-state index contributed by atoms with van der Waals surface area (Å²) in [6.45, 7) is 0. The summed E-state index contributed by atoms with van der Waals surface area (Å²) in [5.74, 6) is 1.31. The predicted molar refractivity (Wildman–Crippen MR) is 123 cm³/mol. The second-order valence-corrected chi connectivity index (χ2v) is 7.28. The van der Waals surface area contributed by atoms with E-state index in [1.165, 1.54) is 0 Å². The first-order chi connectivity index (χ1) is 16.1. The third-order valence-corrected chi connectivity index (χ3v) is 5.29. The molecule has 2 heterocycles. The number of fused-ring (bicyclic) bond motifs is 2. The van der Waals surface area contributed by atoms with Gasteiger partial charge in [-0.3, -0.25) is 4.79 Å². The minimum atomic E-state index is -0.547. The molecule has 0 saturated carbocycles. The number of carbonyl (C=O) groups excluding carboxylic acids is 1. The van der Waals surface area contributed by atoms with Crippen LogP contribution in [0.4, 0.5) is 5.69 Å². The summed E-state index contributed by atoms with van der Waals surface area (Å²) in [5.41, 5.74) is 3.47. The molecule has 164 valence electrons. The highest BCUT2D eigenvalue weighted by Gasteiger charge is 2.14. The molecule has 3 N–H and O–H groups in total. The van der Waals surface area contributed by atoms with Gasteiger partial charge in [0.25, 0.3) is 5.91 Å². The fourth-order valence-electron chi connectivity index (χ4n) is 3.55. The lowest BCUT2D eigenvalue weighted by atomic mass is 10.2. The van der Waals surface area contributed by atoms with Crippen LogP contribution in [0.25, 0.3) is 33.3 Å². The minimum Gasteiger partial charge on any atom is -0.497 e. The Kier molecular flexibility index (Phi) is 4.98. The number of carbonyl (C=O) groups is 1. The van der Waals surface area contributed by atoms with Gasteiger partial charge in [-0.2, -0.15) is 0 Å². The van der Waals surface area contributed by atoms with E-state index in [-0.39, 0.29) is 11.6 Å². The fraction of sp³-hybridized carbons (Fsp3) is 0.0833. The first-order valence-electron chi connectivity index (χ1n) is 10.0. The summed E-state index contributed by atoms with van der Waals surface area (Å²) < 4.78 is 10.4. The lowest BCUT2D eigenvalue weighted by Gasteiger charge is -2.00. The van der Waals surface area contributed by atoms with Crippen molar-refractivity contribution in [3.8, 4) is 28.8 Å². The van der Waals surface area contributed by atoms with E-state index in [4.69, 9.17) is 9.47 Å². The van der Waals surface area contributed by atoms with Crippen molar-refractivity contribution in [3.05, 3.63) is 66.2 Å². The first-order valence-corrected chi connectivity index (χ1v) is 10.0. The number of imidazole rings is 1. The summed E-state index contributed by atoms with van der Waals surface area (Å²) in [6.07, 6.45) is 0. The van der Waals surface area contributed by atoms with Crippen LogP contribution in [0.2, 0.25) is 0 Å². The Hall–Kier alpha value is -4.66. The zero-order valence-electron chi connectivity index (χ0n) is 17.8. The quantitative estimate of drug-likeness (QED) is 0.317. The number of aromatic nitrogens is 3. The Morgan fingerprint density at radius 2 is 1.67 bits per heavy atom. The van der Waals surface area contributed by atoms with Crippen LogP contribution in [0.5, 0.6) is 17.4 Å². The van der Waals surface area contributed by atoms with E-state index < -0.39 is 5.91 Å². The monoisotopic (exact) mass is 441 g/mol. The highest BCUT2D eigenvalue weighted by atomic mass is 16.5. The van der Waals surface area contributed by atoms with Crippen molar-refractivity contribution in [2.45, 2.75) is 0 Å².